The van der Waals surface area contributed by atoms with Gasteiger partial charge in [-0.25, -0.2) is 4.98 Å². The Kier molecular flexibility index (Phi) is 4.04. The van der Waals surface area contributed by atoms with E-state index in [-0.39, 0.29) is 5.91 Å². The van der Waals surface area contributed by atoms with Crippen LogP contribution in [-0.4, -0.2) is 33.4 Å². The Labute approximate surface area is 147 Å². The Morgan fingerprint density at radius 2 is 2.00 bits per heavy atom. The van der Waals surface area contributed by atoms with Crippen LogP contribution in [0.4, 0.5) is 0 Å². The Morgan fingerprint density at radius 3 is 2.68 bits per heavy atom. The summed E-state index contributed by atoms with van der Waals surface area (Å²) in [5, 5.41) is 8.90. The molecule has 2 aromatic rings. The summed E-state index contributed by atoms with van der Waals surface area (Å²) >= 11 is 0. The van der Waals surface area contributed by atoms with Gasteiger partial charge in [0.15, 0.2) is 0 Å². The number of imidazole rings is 1. The van der Waals surface area contributed by atoms with E-state index in [2.05, 4.69) is 22.5 Å². The van der Waals surface area contributed by atoms with Crippen molar-refractivity contribution < 1.29 is 4.79 Å². The zero-order chi connectivity index (χ0) is 17.4. The van der Waals surface area contributed by atoms with E-state index >= 15 is 0 Å². The molecule has 0 spiro atoms. The molecule has 5 heteroatoms. The van der Waals surface area contributed by atoms with E-state index in [9.17, 15) is 4.79 Å². The van der Waals surface area contributed by atoms with Gasteiger partial charge >= 0.3 is 0 Å². The number of rotatable bonds is 3. The van der Waals surface area contributed by atoms with Gasteiger partial charge in [-0.1, -0.05) is 0 Å². The molecule has 2 aliphatic rings. The van der Waals surface area contributed by atoms with Crippen molar-refractivity contribution in [2.45, 2.75) is 44.6 Å². The zero-order valence-corrected chi connectivity index (χ0v) is 14.5. The molecular weight excluding hydrogens is 312 g/mol. The van der Waals surface area contributed by atoms with Crippen LogP contribution in [0, 0.1) is 18.3 Å². The second-order valence-electron chi connectivity index (χ2n) is 7.14. The monoisotopic (exact) mass is 334 g/mol. The molecule has 0 N–H and O–H groups in total. The lowest BCUT2D eigenvalue weighted by molar-refractivity contribution is 0.0677. The molecule has 0 bridgehead atoms. The van der Waals surface area contributed by atoms with Crippen molar-refractivity contribution in [3.8, 4) is 6.07 Å². The minimum Gasteiger partial charge on any atom is -0.337 e. The van der Waals surface area contributed by atoms with Gasteiger partial charge in [0.2, 0.25) is 0 Å². The van der Waals surface area contributed by atoms with Crippen LogP contribution in [-0.2, 0) is 0 Å². The smallest absolute Gasteiger partial charge is 0.253 e. The fourth-order valence-corrected chi connectivity index (χ4v) is 3.80. The third kappa shape index (κ3) is 3.05. The summed E-state index contributed by atoms with van der Waals surface area (Å²) in [6, 6.07) is 9.33. The van der Waals surface area contributed by atoms with E-state index in [4.69, 9.17) is 5.26 Å². The van der Waals surface area contributed by atoms with Crippen molar-refractivity contribution in [1.29, 1.82) is 5.26 Å². The maximum absolute atomic E-state index is 12.8. The minimum atomic E-state index is 0.0555. The number of aryl methyl sites for hydroxylation is 1. The first-order valence-corrected chi connectivity index (χ1v) is 9.00. The van der Waals surface area contributed by atoms with Crippen molar-refractivity contribution in [3.63, 3.8) is 0 Å². The van der Waals surface area contributed by atoms with Crippen LogP contribution in [0.2, 0.25) is 0 Å². The second-order valence-corrected chi connectivity index (χ2v) is 7.14. The number of piperidine rings is 1. The molecule has 1 saturated heterocycles. The highest BCUT2D eigenvalue weighted by Gasteiger charge is 2.33. The zero-order valence-electron chi connectivity index (χ0n) is 14.5. The molecule has 0 radical (unpaired) electrons. The molecular formula is C20H22N4O. The van der Waals surface area contributed by atoms with Crippen molar-refractivity contribution in [1.82, 2.24) is 14.5 Å². The number of benzene rings is 1. The maximum atomic E-state index is 12.8. The highest BCUT2D eigenvalue weighted by Crippen LogP contribution is 2.41. The largest absolute Gasteiger partial charge is 0.337 e. The van der Waals surface area contributed by atoms with Crippen molar-refractivity contribution in [2.75, 3.05) is 13.1 Å². The van der Waals surface area contributed by atoms with Crippen LogP contribution in [0.1, 0.15) is 65.1 Å². The fourth-order valence-electron chi connectivity index (χ4n) is 3.80. The normalized spacial score (nSPS) is 20.3. The van der Waals surface area contributed by atoms with Crippen LogP contribution in [0.25, 0.3) is 0 Å². The number of amides is 1. The highest BCUT2D eigenvalue weighted by atomic mass is 16.2. The fraction of sp³-hybridized carbons (Fsp3) is 0.450. The number of carbonyl (C=O) groups excluding carboxylic acids is 1. The van der Waals surface area contributed by atoms with Gasteiger partial charge in [0, 0.05) is 36.5 Å². The quantitative estimate of drug-likeness (QED) is 0.864. The molecule has 1 unspecified atom stereocenters. The lowest BCUT2D eigenvalue weighted by atomic mass is 10.0. The van der Waals surface area contributed by atoms with Crippen LogP contribution in [0.15, 0.2) is 30.5 Å². The van der Waals surface area contributed by atoms with Crippen LogP contribution >= 0.6 is 0 Å². The van der Waals surface area contributed by atoms with E-state index in [0.717, 1.165) is 25.9 Å². The number of hydrogen-bond acceptors (Lipinski definition) is 3. The number of nitrogens with zero attached hydrogens (tertiary/aromatic N) is 4. The van der Waals surface area contributed by atoms with E-state index in [1.54, 1.807) is 24.3 Å². The number of aromatic nitrogens is 2. The van der Waals surface area contributed by atoms with Gasteiger partial charge in [-0.3, -0.25) is 4.79 Å². The summed E-state index contributed by atoms with van der Waals surface area (Å²) < 4.78 is 2.37. The first-order chi connectivity index (χ1) is 12.2. The molecule has 2 heterocycles. The molecule has 1 atom stereocenters. The van der Waals surface area contributed by atoms with Crippen molar-refractivity contribution >= 4 is 5.91 Å². The number of nitriles is 1. The van der Waals surface area contributed by atoms with Gasteiger partial charge in [0.1, 0.15) is 5.82 Å². The third-order valence-electron chi connectivity index (χ3n) is 5.26. The summed E-state index contributed by atoms with van der Waals surface area (Å²) in [6.45, 7) is 3.64. The molecule has 1 amide bonds. The van der Waals surface area contributed by atoms with Gasteiger partial charge < -0.3 is 9.47 Å². The molecule has 1 aromatic carbocycles. The summed E-state index contributed by atoms with van der Waals surface area (Å²) in [7, 11) is 0. The first kappa shape index (κ1) is 15.9. The topological polar surface area (TPSA) is 61.9 Å². The van der Waals surface area contributed by atoms with Gasteiger partial charge in [-0.05, 0) is 56.9 Å². The van der Waals surface area contributed by atoms with Gasteiger partial charge in [0.25, 0.3) is 5.91 Å². The lowest BCUT2D eigenvalue weighted by Gasteiger charge is -2.35. The van der Waals surface area contributed by atoms with E-state index in [0.29, 0.717) is 23.1 Å². The predicted molar refractivity (Wildman–Crippen MR) is 94.3 cm³/mol. The Balaban J connectivity index is 1.54. The van der Waals surface area contributed by atoms with Gasteiger partial charge in [0.05, 0.1) is 17.7 Å². The molecule has 5 nitrogen and oxygen atoms in total. The Bertz CT molecular complexity index is 826. The molecule has 1 saturated carbocycles. The van der Waals surface area contributed by atoms with E-state index in [1.165, 1.54) is 24.4 Å². The van der Waals surface area contributed by atoms with E-state index < -0.39 is 0 Å². The van der Waals surface area contributed by atoms with Crippen LogP contribution < -0.4 is 0 Å². The molecule has 128 valence electrons. The van der Waals surface area contributed by atoms with Crippen molar-refractivity contribution in [2.24, 2.45) is 0 Å². The van der Waals surface area contributed by atoms with E-state index in [1.807, 2.05) is 11.1 Å². The first-order valence-electron chi connectivity index (χ1n) is 9.00. The maximum Gasteiger partial charge on any atom is 0.253 e. The Morgan fingerprint density at radius 1 is 1.24 bits per heavy atom. The average molecular weight is 334 g/mol. The Hall–Kier alpha value is -2.61. The highest BCUT2D eigenvalue weighted by molar-refractivity contribution is 5.94. The SMILES string of the molecule is Cc1cnc(C2CC2)n1C1CCCN(C(=O)c2ccc(C#N)cc2)C1. The molecule has 1 aromatic heterocycles. The molecule has 1 aliphatic carbocycles. The number of carbonyl (C=O) groups is 1. The third-order valence-corrected chi connectivity index (χ3v) is 5.26. The number of likely N-dealkylation sites (tertiary alicyclic amines) is 1. The summed E-state index contributed by atoms with van der Waals surface area (Å²) in [6.07, 6.45) is 6.53. The predicted octanol–water partition coefficient (Wildman–Crippen LogP) is 3.42. The minimum absolute atomic E-state index is 0.0555. The van der Waals surface area contributed by atoms with Crippen molar-refractivity contribution in [3.05, 3.63) is 53.1 Å². The molecule has 2 fully saturated rings. The number of hydrogen-bond donors (Lipinski definition) is 0. The molecule has 1 aliphatic heterocycles. The summed E-state index contributed by atoms with van der Waals surface area (Å²) in [4.78, 5) is 19.4. The molecule has 25 heavy (non-hydrogen) atoms. The summed E-state index contributed by atoms with van der Waals surface area (Å²) in [5.74, 6) is 1.87. The standard InChI is InChI=1S/C20H22N4O/c1-14-12-22-19(16-8-9-16)24(14)18-3-2-10-23(13-18)20(25)17-6-4-15(11-21)5-7-17/h4-7,12,16,18H,2-3,8-10,13H2,1H3. The van der Waals surface area contributed by atoms with Gasteiger partial charge in [-0.2, -0.15) is 5.26 Å². The second kappa shape index (κ2) is 6.36. The van der Waals surface area contributed by atoms with Crippen LogP contribution in [0.3, 0.4) is 0 Å². The summed E-state index contributed by atoms with van der Waals surface area (Å²) in [5.41, 5.74) is 2.43. The van der Waals surface area contributed by atoms with Crippen LogP contribution in [0.5, 0.6) is 0 Å². The lowest BCUT2D eigenvalue weighted by Crippen LogP contribution is -2.41. The van der Waals surface area contributed by atoms with Gasteiger partial charge in [-0.15, -0.1) is 0 Å². The molecule has 4 rings (SSSR count). The average Bonchev–Trinajstić information content (AvgIpc) is 3.43.